The average Bonchev–Trinajstić information content (AvgIpc) is 3.22. The molecule has 0 saturated carbocycles. The second-order valence-corrected chi connectivity index (χ2v) is 8.49. The summed E-state index contributed by atoms with van der Waals surface area (Å²) in [5, 5.41) is 3.60. The van der Waals surface area contributed by atoms with Crippen molar-refractivity contribution in [2.24, 2.45) is 0 Å². The fourth-order valence-electron chi connectivity index (χ4n) is 3.81. The first-order valence-electron chi connectivity index (χ1n) is 10.1. The maximum absolute atomic E-state index is 13.0. The van der Waals surface area contributed by atoms with Crippen molar-refractivity contribution in [1.29, 1.82) is 0 Å². The molecule has 1 saturated heterocycles. The maximum Gasteiger partial charge on any atom is 0.254 e. The van der Waals surface area contributed by atoms with E-state index in [1.165, 1.54) is 6.07 Å². The van der Waals surface area contributed by atoms with Crippen molar-refractivity contribution in [3.8, 4) is 11.4 Å². The molecule has 7 nitrogen and oxygen atoms in total. The number of aromatic amines is 1. The van der Waals surface area contributed by atoms with Crippen LogP contribution in [-0.4, -0.2) is 39.3 Å². The lowest BCUT2D eigenvalue weighted by Gasteiger charge is -2.24. The van der Waals surface area contributed by atoms with Crippen molar-refractivity contribution >= 4 is 40.7 Å². The van der Waals surface area contributed by atoms with Crippen molar-refractivity contribution in [2.75, 3.05) is 11.9 Å². The molecular formula is C23H20Cl2N4O3. The summed E-state index contributed by atoms with van der Waals surface area (Å²) in [5.41, 5.74) is 1.90. The fraction of sp³-hybridized carbons (Fsp3) is 0.217. The molecule has 164 valence electrons. The molecule has 32 heavy (non-hydrogen) atoms. The number of amides is 2. The van der Waals surface area contributed by atoms with Gasteiger partial charge in [-0.1, -0.05) is 35.3 Å². The summed E-state index contributed by atoms with van der Waals surface area (Å²) in [6.07, 6.45) is 1.27. The van der Waals surface area contributed by atoms with E-state index in [-0.39, 0.29) is 17.4 Å². The van der Waals surface area contributed by atoms with Gasteiger partial charge in [-0.05, 0) is 50.1 Å². The molecule has 1 aliphatic heterocycles. The van der Waals surface area contributed by atoms with Crippen LogP contribution in [0.5, 0.6) is 0 Å². The van der Waals surface area contributed by atoms with E-state index in [4.69, 9.17) is 23.2 Å². The summed E-state index contributed by atoms with van der Waals surface area (Å²) >= 11 is 12.1. The SMILES string of the molecule is Cc1cc(=O)[nH]c(-c2cccc(NC(=O)C3CCCN3C(=O)c3cc(Cl)cc(Cl)c3)c2)n1. The van der Waals surface area contributed by atoms with Crippen molar-refractivity contribution in [2.45, 2.75) is 25.8 Å². The third kappa shape index (κ3) is 4.84. The van der Waals surface area contributed by atoms with Crippen LogP contribution in [0.2, 0.25) is 10.0 Å². The predicted octanol–water partition coefficient (Wildman–Crippen LogP) is 4.30. The number of carbonyl (C=O) groups excluding carboxylic acids is 2. The molecule has 2 heterocycles. The number of nitrogens with one attached hydrogen (secondary N) is 2. The number of halogens is 2. The lowest BCUT2D eigenvalue weighted by atomic mass is 10.1. The number of benzene rings is 2. The van der Waals surface area contributed by atoms with Crippen LogP contribution < -0.4 is 10.9 Å². The number of hydrogen-bond donors (Lipinski definition) is 2. The van der Waals surface area contributed by atoms with Gasteiger partial charge in [-0.25, -0.2) is 4.98 Å². The Kier molecular flexibility index (Phi) is 6.30. The summed E-state index contributed by atoms with van der Waals surface area (Å²) in [7, 11) is 0. The molecule has 0 bridgehead atoms. The van der Waals surface area contributed by atoms with Crippen molar-refractivity contribution in [1.82, 2.24) is 14.9 Å². The van der Waals surface area contributed by atoms with Crippen LogP contribution in [0, 0.1) is 6.92 Å². The van der Waals surface area contributed by atoms with Gasteiger partial charge in [-0.3, -0.25) is 14.4 Å². The van der Waals surface area contributed by atoms with Crippen molar-refractivity contribution in [3.63, 3.8) is 0 Å². The van der Waals surface area contributed by atoms with Crippen LogP contribution in [0.1, 0.15) is 28.9 Å². The third-order valence-electron chi connectivity index (χ3n) is 5.20. The highest BCUT2D eigenvalue weighted by molar-refractivity contribution is 6.35. The molecular weight excluding hydrogens is 451 g/mol. The van der Waals surface area contributed by atoms with Gasteiger partial charge in [0.05, 0.1) is 0 Å². The van der Waals surface area contributed by atoms with Gasteiger partial charge in [0.2, 0.25) is 5.91 Å². The molecule has 2 aromatic carbocycles. The zero-order valence-electron chi connectivity index (χ0n) is 17.2. The van der Waals surface area contributed by atoms with E-state index in [1.807, 2.05) is 0 Å². The molecule has 3 aromatic rings. The van der Waals surface area contributed by atoms with Gasteiger partial charge in [-0.2, -0.15) is 0 Å². The zero-order valence-corrected chi connectivity index (χ0v) is 18.7. The highest BCUT2D eigenvalue weighted by Gasteiger charge is 2.34. The molecule has 2 N–H and O–H groups in total. The van der Waals surface area contributed by atoms with Crippen LogP contribution in [0.4, 0.5) is 5.69 Å². The number of aryl methyl sites for hydroxylation is 1. The minimum atomic E-state index is -0.610. The second kappa shape index (κ2) is 9.14. The molecule has 0 spiro atoms. The summed E-state index contributed by atoms with van der Waals surface area (Å²) in [6.45, 7) is 2.21. The molecule has 9 heteroatoms. The topological polar surface area (TPSA) is 95.2 Å². The molecule has 1 fully saturated rings. The molecule has 1 aromatic heterocycles. The second-order valence-electron chi connectivity index (χ2n) is 7.62. The average molecular weight is 471 g/mol. The lowest BCUT2D eigenvalue weighted by molar-refractivity contribution is -0.119. The van der Waals surface area contributed by atoms with Gasteiger partial charge < -0.3 is 15.2 Å². The summed E-state index contributed by atoms with van der Waals surface area (Å²) < 4.78 is 0. The number of carbonyl (C=O) groups is 2. The molecule has 1 atom stereocenters. The predicted molar refractivity (Wildman–Crippen MR) is 124 cm³/mol. The Morgan fingerprint density at radius 2 is 1.88 bits per heavy atom. The van der Waals surface area contributed by atoms with Crippen LogP contribution >= 0.6 is 23.2 Å². The number of H-pyrrole nitrogens is 1. The zero-order chi connectivity index (χ0) is 22.8. The first-order valence-corrected chi connectivity index (χ1v) is 10.8. The molecule has 0 aliphatic carbocycles. The van der Waals surface area contributed by atoms with Crippen LogP contribution in [0.15, 0.2) is 53.3 Å². The smallest absolute Gasteiger partial charge is 0.254 e. The van der Waals surface area contributed by atoms with Crippen LogP contribution in [0.3, 0.4) is 0 Å². The van der Waals surface area contributed by atoms with Gasteiger partial charge >= 0.3 is 0 Å². The quantitative estimate of drug-likeness (QED) is 0.594. The van der Waals surface area contributed by atoms with E-state index in [0.29, 0.717) is 57.8 Å². The van der Waals surface area contributed by atoms with E-state index in [9.17, 15) is 14.4 Å². The van der Waals surface area contributed by atoms with E-state index in [1.54, 1.807) is 54.3 Å². The Morgan fingerprint density at radius 1 is 1.12 bits per heavy atom. The first-order chi connectivity index (χ1) is 15.3. The van der Waals surface area contributed by atoms with Gasteiger partial charge in [0.25, 0.3) is 11.5 Å². The summed E-state index contributed by atoms with van der Waals surface area (Å²) in [6, 6.07) is 12.5. The normalized spacial score (nSPS) is 15.6. The Morgan fingerprint density at radius 3 is 2.59 bits per heavy atom. The number of rotatable bonds is 4. The largest absolute Gasteiger partial charge is 0.327 e. The Balaban J connectivity index is 1.53. The Hall–Kier alpha value is -3.16. The Labute approximate surface area is 194 Å². The number of likely N-dealkylation sites (tertiary alicyclic amines) is 1. The number of aromatic nitrogens is 2. The fourth-order valence-corrected chi connectivity index (χ4v) is 4.34. The van der Waals surface area contributed by atoms with Crippen LogP contribution in [0.25, 0.3) is 11.4 Å². The number of anilines is 1. The molecule has 1 aliphatic rings. The minimum Gasteiger partial charge on any atom is -0.327 e. The van der Waals surface area contributed by atoms with Gasteiger partial charge in [0, 0.05) is 45.2 Å². The van der Waals surface area contributed by atoms with E-state index in [2.05, 4.69) is 15.3 Å². The van der Waals surface area contributed by atoms with E-state index < -0.39 is 6.04 Å². The van der Waals surface area contributed by atoms with E-state index >= 15 is 0 Å². The molecule has 1 unspecified atom stereocenters. The monoisotopic (exact) mass is 470 g/mol. The summed E-state index contributed by atoms with van der Waals surface area (Å²) in [5.74, 6) is -0.157. The maximum atomic E-state index is 13.0. The highest BCUT2D eigenvalue weighted by Crippen LogP contribution is 2.26. The molecule has 4 rings (SSSR count). The standard InChI is InChI=1S/C23H20Cl2N4O3/c1-13-8-20(30)28-21(26-13)14-4-2-5-18(11-14)27-22(31)19-6-3-7-29(19)23(32)15-9-16(24)12-17(25)10-15/h2,4-5,8-12,19H,3,6-7H2,1H3,(H,27,31)(H,26,28,30). The van der Waals surface area contributed by atoms with Gasteiger partial charge in [0.15, 0.2) is 0 Å². The highest BCUT2D eigenvalue weighted by atomic mass is 35.5. The number of hydrogen-bond acceptors (Lipinski definition) is 4. The third-order valence-corrected chi connectivity index (χ3v) is 5.64. The van der Waals surface area contributed by atoms with Crippen LogP contribution in [-0.2, 0) is 4.79 Å². The van der Waals surface area contributed by atoms with Gasteiger partial charge in [-0.15, -0.1) is 0 Å². The minimum absolute atomic E-state index is 0.247. The van der Waals surface area contributed by atoms with Gasteiger partial charge in [0.1, 0.15) is 11.9 Å². The summed E-state index contributed by atoms with van der Waals surface area (Å²) in [4.78, 5) is 46.4. The molecule has 2 amide bonds. The number of nitrogens with zero attached hydrogens (tertiary/aromatic N) is 2. The van der Waals surface area contributed by atoms with Crippen molar-refractivity contribution in [3.05, 3.63) is 80.2 Å². The molecule has 0 radical (unpaired) electrons. The lowest BCUT2D eigenvalue weighted by Crippen LogP contribution is -2.43. The first kappa shape index (κ1) is 22.0. The van der Waals surface area contributed by atoms with Crippen molar-refractivity contribution < 1.29 is 9.59 Å². The van der Waals surface area contributed by atoms with E-state index in [0.717, 1.165) is 0 Å². The Bertz CT molecular complexity index is 1240.